The SMILES string of the molecule is CC(=O)OCCCCCCCCCCCCCCCCOc1ccc(C=O)cc1. The Morgan fingerprint density at radius 1 is 0.690 bits per heavy atom. The molecule has 0 aliphatic carbocycles. The molecular formula is C25H40O4. The Morgan fingerprint density at radius 2 is 1.10 bits per heavy atom. The second-order valence-electron chi connectivity index (χ2n) is 7.83. The van der Waals surface area contributed by atoms with Gasteiger partial charge in [0.15, 0.2) is 0 Å². The van der Waals surface area contributed by atoms with Gasteiger partial charge in [0.1, 0.15) is 12.0 Å². The first kappa shape index (κ1) is 25.2. The predicted molar refractivity (Wildman–Crippen MR) is 119 cm³/mol. The third-order valence-corrected chi connectivity index (χ3v) is 5.13. The molecule has 4 heteroatoms. The molecule has 0 amide bonds. The van der Waals surface area contributed by atoms with E-state index in [9.17, 15) is 9.59 Å². The van der Waals surface area contributed by atoms with E-state index in [0.29, 0.717) is 12.2 Å². The number of aldehydes is 1. The van der Waals surface area contributed by atoms with Gasteiger partial charge >= 0.3 is 5.97 Å². The minimum Gasteiger partial charge on any atom is -0.494 e. The van der Waals surface area contributed by atoms with Gasteiger partial charge in [-0.1, -0.05) is 77.0 Å². The molecular weight excluding hydrogens is 364 g/mol. The standard InChI is InChI=1S/C25H40O4/c1-23(27)28-20-14-12-10-8-6-4-2-3-5-7-9-11-13-15-21-29-25-18-16-24(22-26)17-19-25/h16-19,22H,2-15,20-21H2,1H3. The van der Waals surface area contributed by atoms with Crippen LogP contribution >= 0.6 is 0 Å². The molecule has 0 aliphatic rings. The molecule has 0 N–H and O–H groups in total. The Balaban J connectivity index is 1.74. The lowest BCUT2D eigenvalue weighted by Gasteiger charge is -2.06. The van der Waals surface area contributed by atoms with Crippen LogP contribution in [-0.2, 0) is 9.53 Å². The zero-order valence-electron chi connectivity index (χ0n) is 18.3. The molecule has 0 aromatic heterocycles. The minimum atomic E-state index is -0.169. The van der Waals surface area contributed by atoms with Crippen molar-refractivity contribution >= 4 is 12.3 Å². The number of benzene rings is 1. The van der Waals surface area contributed by atoms with Crippen LogP contribution in [0.5, 0.6) is 5.75 Å². The van der Waals surface area contributed by atoms with Crippen LogP contribution in [0.25, 0.3) is 0 Å². The number of esters is 1. The van der Waals surface area contributed by atoms with Crippen LogP contribution < -0.4 is 4.74 Å². The molecule has 1 aromatic carbocycles. The smallest absolute Gasteiger partial charge is 0.302 e. The van der Waals surface area contributed by atoms with Crippen molar-refractivity contribution in [1.29, 1.82) is 0 Å². The van der Waals surface area contributed by atoms with E-state index in [0.717, 1.165) is 31.5 Å². The zero-order chi connectivity index (χ0) is 21.0. The number of rotatable bonds is 19. The molecule has 164 valence electrons. The van der Waals surface area contributed by atoms with Gasteiger partial charge in [-0.05, 0) is 37.1 Å². The average Bonchev–Trinajstić information content (AvgIpc) is 2.73. The minimum absolute atomic E-state index is 0.169. The number of ether oxygens (including phenoxy) is 2. The number of hydrogen-bond donors (Lipinski definition) is 0. The zero-order valence-corrected chi connectivity index (χ0v) is 18.3. The highest BCUT2D eigenvalue weighted by atomic mass is 16.5. The normalized spacial score (nSPS) is 10.7. The number of carbonyl (C=O) groups excluding carboxylic acids is 2. The Bertz CT molecular complexity index is 524. The molecule has 0 saturated heterocycles. The first-order chi connectivity index (χ1) is 14.2. The average molecular weight is 405 g/mol. The lowest BCUT2D eigenvalue weighted by Crippen LogP contribution is -2.00. The second-order valence-corrected chi connectivity index (χ2v) is 7.83. The van der Waals surface area contributed by atoms with Crippen LogP contribution in [0.4, 0.5) is 0 Å². The van der Waals surface area contributed by atoms with Crippen LogP contribution in [-0.4, -0.2) is 25.5 Å². The van der Waals surface area contributed by atoms with Crippen molar-refractivity contribution in [3.05, 3.63) is 29.8 Å². The Morgan fingerprint density at radius 3 is 1.52 bits per heavy atom. The first-order valence-corrected chi connectivity index (χ1v) is 11.5. The van der Waals surface area contributed by atoms with Crippen molar-refractivity contribution in [2.75, 3.05) is 13.2 Å². The summed E-state index contributed by atoms with van der Waals surface area (Å²) in [5.41, 5.74) is 0.686. The van der Waals surface area contributed by atoms with Crippen LogP contribution in [0, 0.1) is 0 Å². The molecule has 0 atom stereocenters. The molecule has 0 saturated carbocycles. The molecule has 1 rings (SSSR count). The quantitative estimate of drug-likeness (QED) is 0.143. The van der Waals surface area contributed by atoms with Crippen molar-refractivity contribution in [2.45, 2.75) is 96.8 Å². The highest BCUT2D eigenvalue weighted by Gasteiger charge is 1.97. The van der Waals surface area contributed by atoms with E-state index >= 15 is 0 Å². The van der Waals surface area contributed by atoms with E-state index in [1.54, 1.807) is 12.1 Å². The Labute approximate surface area is 177 Å². The summed E-state index contributed by atoms with van der Waals surface area (Å²) in [6.45, 7) is 2.80. The fourth-order valence-corrected chi connectivity index (χ4v) is 3.37. The lowest BCUT2D eigenvalue weighted by atomic mass is 10.0. The van der Waals surface area contributed by atoms with Crippen molar-refractivity contribution in [2.24, 2.45) is 0 Å². The Hall–Kier alpha value is -1.84. The molecule has 0 spiro atoms. The van der Waals surface area contributed by atoms with Crippen molar-refractivity contribution in [3.8, 4) is 5.75 Å². The van der Waals surface area contributed by atoms with E-state index in [1.807, 2.05) is 12.1 Å². The van der Waals surface area contributed by atoms with Crippen LogP contribution in [0.2, 0.25) is 0 Å². The maximum absolute atomic E-state index is 10.6. The van der Waals surface area contributed by atoms with Gasteiger partial charge in [-0.15, -0.1) is 0 Å². The van der Waals surface area contributed by atoms with Gasteiger partial charge < -0.3 is 9.47 Å². The topological polar surface area (TPSA) is 52.6 Å². The number of carbonyl (C=O) groups is 2. The molecule has 0 unspecified atom stereocenters. The molecule has 29 heavy (non-hydrogen) atoms. The van der Waals surface area contributed by atoms with E-state index in [2.05, 4.69) is 0 Å². The third kappa shape index (κ3) is 15.7. The van der Waals surface area contributed by atoms with Crippen molar-refractivity contribution in [1.82, 2.24) is 0 Å². The maximum Gasteiger partial charge on any atom is 0.302 e. The number of hydrogen-bond acceptors (Lipinski definition) is 4. The summed E-state index contributed by atoms with van der Waals surface area (Å²) in [6, 6.07) is 7.29. The van der Waals surface area contributed by atoms with Gasteiger partial charge in [-0.2, -0.15) is 0 Å². The fraction of sp³-hybridized carbons (Fsp3) is 0.680. The summed E-state index contributed by atoms with van der Waals surface area (Å²) in [5, 5.41) is 0. The second kappa shape index (κ2) is 18.2. The molecule has 1 aromatic rings. The summed E-state index contributed by atoms with van der Waals surface area (Å²) < 4.78 is 10.6. The van der Waals surface area contributed by atoms with Gasteiger partial charge in [-0.25, -0.2) is 0 Å². The third-order valence-electron chi connectivity index (χ3n) is 5.13. The first-order valence-electron chi connectivity index (χ1n) is 11.5. The van der Waals surface area contributed by atoms with Gasteiger partial charge in [0.2, 0.25) is 0 Å². The van der Waals surface area contributed by atoms with Gasteiger partial charge in [0, 0.05) is 12.5 Å². The van der Waals surface area contributed by atoms with Gasteiger partial charge in [0.05, 0.1) is 13.2 Å². The van der Waals surface area contributed by atoms with Gasteiger partial charge in [-0.3, -0.25) is 9.59 Å². The summed E-state index contributed by atoms with van der Waals surface area (Å²) in [5.74, 6) is 0.676. The molecule has 0 heterocycles. The van der Waals surface area contributed by atoms with E-state index < -0.39 is 0 Å². The summed E-state index contributed by atoms with van der Waals surface area (Å²) in [4.78, 5) is 21.2. The monoisotopic (exact) mass is 404 g/mol. The Kier molecular flexibility index (Phi) is 15.8. The van der Waals surface area contributed by atoms with Crippen LogP contribution in [0.3, 0.4) is 0 Å². The summed E-state index contributed by atoms with van der Waals surface area (Å²) in [7, 11) is 0. The van der Waals surface area contributed by atoms with E-state index in [1.165, 1.54) is 84.0 Å². The van der Waals surface area contributed by atoms with Gasteiger partial charge in [0.25, 0.3) is 0 Å². The van der Waals surface area contributed by atoms with Crippen LogP contribution in [0.1, 0.15) is 107 Å². The molecule has 4 nitrogen and oxygen atoms in total. The van der Waals surface area contributed by atoms with E-state index in [4.69, 9.17) is 9.47 Å². The predicted octanol–water partition coefficient (Wildman–Crippen LogP) is 6.90. The summed E-state index contributed by atoms with van der Waals surface area (Å²) >= 11 is 0. The highest BCUT2D eigenvalue weighted by Crippen LogP contribution is 2.14. The van der Waals surface area contributed by atoms with Crippen molar-refractivity contribution in [3.63, 3.8) is 0 Å². The van der Waals surface area contributed by atoms with Crippen LogP contribution in [0.15, 0.2) is 24.3 Å². The highest BCUT2D eigenvalue weighted by molar-refractivity contribution is 5.74. The van der Waals surface area contributed by atoms with E-state index in [-0.39, 0.29) is 5.97 Å². The summed E-state index contributed by atoms with van der Waals surface area (Å²) in [6.07, 6.45) is 18.7. The fourth-order valence-electron chi connectivity index (χ4n) is 3.37. The largest absolute Gasteiger partial charge is 0.494 e. The lowest BCUT2D eigenvalue weighted by molar-refractivity contribution is -0.141. The number of unbranched alkanes of at least 4 members (excludes halogenated alkanes) is 13. The molecule has 0 radical (unpaired) electrons. The maximum atomic E-state index is 10.6. The van der Waals surface area contributed by atoms with Crippen molar-refractivity contribution < 1.29 is 19.1 Å². The molecule has 0 aliphatic heterocycles. The molecule has 0 fully saturated rings. The molecule has 0 bridgehead atoms.